The van der Waals surface area contributed by atoms with Crippen LogP contribution in [0.25, 0.3) is 5.69 Å². The summed E-state index contributed by atoms with van der Waals surface area (Å²) in [4.78, 5) is 8.28. The molecule has 0 unspecified atom stereocenters. The van der Waals surface area contributed by atoms with E-state index in [4.69, 9.17) is 0 Å². The minimum Gasteiger partial charge on any atom is -0.357 e. The minimum absolute atomic E-state index is 0. The van der Waals surface area contributed by atoms with Crippen LogP contribution in [0.2, 0.25) is 0 Å². The van der Waals surface area contributed by atoms with Crippen molar-refractivity contribution in [3.63, 3.8) is 0 Å². The number of imidazole rings is 1. The Morgan fingerprint density at radius 1 is 1.07 bits per heavy atom. The Morgan fingerprint density at radius 2 is 1.90 bits per heavy atom. The van der Waals surface area contributed by atoms with Crippen molar-refractivity contribution < 1.29 is 13.2 Å². The standard InChI is InChI=1S/C20H20F3N5.HI/c1-2-25-20(27-12-15-10-16(21)4-5-17(15)22)26-11-14-3-6-19(18(23)9-14)28-8-7-24-13-28;/h3-10,13H,2,11-12H2,1H3,(H2,25,26,27);1H. The summed E-state index contributed by atoms with van der Waals surface area (Å²) in [5.41, 5.74) is 1.27. The van der Waals surface area contributed by atoms with E-state index in [0.29, 0.717) is 23.8 Å². The van der Waals surface area contributed by atoms with Crippen molar-refractivity contribution in [2.75, 3.05) is 6.54 Å². The Hall–Kier alpha value is -2.56. The zero-order chi connectivity index (χ0) is 19.9. The van der Waals surface area contributed by atoms with Gasteiger partial charge in [0, 0.05) is 31.0 Å². The molecular weight excluding hydrogens is 494 g/mol. The van der Waals surface area contributed by atoms with Crippen molar-refractivity contribution in [1.82, 2.24) is 20.2 Å². The molecule has 29 heavy (non-hydrogen) atoms. The van der Waals surface area contributed by atoms with Crippen molar-refractivity contribution in [3.05, 3.63) is 83.7 Å². The number of nitrogens with one attached hydrogen (secondary N) is 2. The summed E-state index contributed by atoms with van der Waals surface area (Å²) < 4.78 is 42.9. The van der Waals surface area contributed by atoms with Crippen molar-refractivity contribution in [2.24, 2.45) is 4.99 Å². The van der Waals surface area contributed by atoms with Gasteiger partial charge in [-0.1, -0.05) is 6.07 Å². The Balaban J connectivity index is 0.00000300. The van der Waals surface area contributed by atoms with Crippen molar-refractivity contribution in [1.29, 1.82) is 0 Å². The topological polar surface area (TPSA) is 54.2 Å². The van der Waals surface area contributed by atoms with Crippen LogP contribution in [0.15, 0.2) is 60.1 Å². The van der Waals surface area contributed by atoms with Gasteiger partial charge in [-0.3, -0.25) is 0 Å². The molecule has 0 atom stereocenters. The smallest absolute Gasteiger partial charge is 0.191 e. The van der Waals surface area contributed by atoms with E-state index in [2.05, 4.69) is 20.6 Å². The lowest BCUT2D eigenvalue weighted by molar-refractivity contribution is 0.581. The van der Waals surface area contributed by atoms with Gasteiger partial charge < -0.3 is 15.2 Å². The number of hydrogen-bond acceptors (Lipinski definition) is 2. The highest BCUT2D eigenvalue weighted by Crippen LogP contribution is 2.15. The van der Waals surface area contributed by atoms with Gasteiger partial charge in [0.2, 0.25) is 0 Å². The molecular formula is C20H21F3IN5. The molecule has 3 rings (SSSR count). The number of rotatable bonds is 6. The van der Waals surface area contributed by atoms with Crippen LogP contribution >= 0.6 is 24.0 Å². The van der Waals surface area contributed by atoms with Crippen molar-refractivity contribution >= 4 is 29.9 Å². The molecule has 0 radical (unpaired) electrons. The highest BCUT2D eigenvalue weighted by Gasteiger charge is 2.07. The summed E-state index contributed by atoms with van der Waals surface area (Å²) in [5, 5.41) is 5.97. The first kappa shape index (κ1) is 22.7. The Kier molecular flexibility index (Phi) is 8.50. The Morgan fingerprint density at radius 3 is 2.59 bits per heavy atom. The predicted octanol–water partition coefficient (Wildman–Crippen LogP) is 4.16. The third kappa shape index (κ3) is 6.21. The Bertz CT molecular complexity index is 961. The number of aliphatic imine (C=N–C) groups is 1. The van der Waals surface area contributed by atoms with E-state index in [0.717, 1.165) is 18.2 Å². The number of hydrogen-bond donors (Lipinski definition) is 2. The molecule has 154 valence electrons. The lowest BCUT2D eigenvalue weighted by atomic mass is 10.2. The number of aromatic nitrogens is 2. The van der Waals surface area contributed by atoms with Crippen molar-refractivity contribution in [2.45, 2.75) is 20.0 Å². The molecule has 0 aliphatic carbocycles. The maximum absolute atomic E-state index is 14.3. The molecule has 1 aromatic heterocycles. The van der Waals surface area contributed by atoms with E-state index < -0.39 is 11.6 Å². The molecule has 0 bridgehead atoms. The SMILES string of the molecule is CCNC(=NCc1ccc(-n2ccnc2)c(F)c1)NCc1cc(F)ccc1F.I. The lowest BCUT2D eigenvalue weighted by Gasteiger charge is -2.12. The third-order valence-corrected chi connectivity index (χ3v) is 4.01. The normalized spacial score (nSPS) is 11.1. The molecule has 2 N–H and O–H groups in total. The molecule has 0 spiro atoms. The molecule has 0 fully saturated rings. The average molecular weight is 515 g/mol. The molecule has 3 aromatic rings. The number of benzene rings is 2. The van der Waals surface area contributed by atoms with E-state index in [1.165, 1.54) is 12.4 Å². The van der Waals surface area contributed by atoms with Gasteiger partial charge in [-0.25, -0.2) is 23.1 Å². The number of nitrogens with zero attached hydrogens (tertiary/aromatic N) is 3. The van der Waals surface area contributed by atoms with Crippen LogP contribution in [-0.2, 0) is 13.1 Å². The van der Waals surface area contributed by atoms with Gasteiger partial charge in [-0.2, -0.15) is 0 Å². The highest BCUT2D eigenvalue weighted by molar-refractivity contribution is 14.0. The first-order valence-corrected chi connectivity index (χ1v) is 8.79. The van der Waals surface area contributed by atoms with Gasteiger partial charge >= 0.3 is 0 Å². The molecule has 9 heteroatoms. The summed E-state index contributed by atoms with van der Waals surface area (Å²) in [6, 6.07) is 8.13. The summed E-state index contributed by atoms with van der Waals surface area (Å²) in [7, 11) is 0. The molecule has 0 amide bonds. The van der Waals surface area contributed by atoms with Crippen molar-refractivity contribution in [3.8, 4) is 5.69 Å². The first-order valence-electron chi connectivity index (χ1n) is 8.79. The van der Waals surface area contributed by atoms with Crippen LogP contribution in [0.3, 0.4) is 0 Å². The van der Waals surface area contributed by atoms with Gasteiger partial charge in [0.05, 0.1) is 18.6 Å². The monoisotopic (exact) mass is 515 g/mol. The zero-order valence-electron chi connectivity index (χ0n) is 15.7. The van der Waals surface area contributed by atoms with Gasteiger partial charge in [-0.05, 0) is 42.8 Å². The van der Waals surface area contributed by atoms with Crippen LogP contribution in [0.4, 0.5) is 13.2 Å². The quantitative estimate of drug-likeness (QED) is 0.295. The molecule has 0 saturated heterocycles. The predicted molar refractivity (Wildman–Crippen MR) is 117 cm³/mol. The summed E-state index contributed by atoms with van der Waals surface area (Å²) in [6.45, 7) is 2.77. The molecule has 0 saturated carbocycles. The number of guanidine groups is 1. The summed E-state index contributed by atoms with van der Waals surface area (Å²) in [6.07, 6.45) is 4.76. The van der Waals surface area contributed by atoms with Crippen LogP contribution < -0.4 is 10.6 Å². The van der Waals surface area contributed by atoms with E-state index in [-0.39, 0.29) is 48.4 Å². The largest absolute Gasteiger partial charge is 0.357 e. The third-order valence-electron chi connectivity index (χ3n) is 4.01. The lowest BCUT2D eigenvalue weighted by Crippen LogP contribution is -2.37. The van der Waals surface area contributed by atoms with Gasteiger partial charge in [0.15, 0.2) is 5.96 Å². The van der Waals surface area contributed by atoms with Crippen LogP contribution in [0.1, 0.15) is 18.1 Å². The van der Waals surface area contributed by atoms with Crippen LogP contribution in [0, 0.1) is 17.5 Å². The van der Waals surface area contributed by atoms with E-state index in [9.17, 15) is 13.2 Å². The summed E-state index contributed by atoms with van der Waals surface area (Å²) in [5.74, 6) is -0.966. The zero-order valence-corrected chi connectivity index (χ0v) is 18.0. The average Bonchev–Trinajstić information content (AvgIpc) is 3.21. The van der Waals surface area contributed by atoms with Gasteiger partial charge in [-0.15, -0.1) is 24.0 Å². The molecule has 1 heterocycles. The molecule has 0 aliphatic rings. The molecule has 2 aromatic carbocycles. The Labute approximate surface area is 184 Å². The maximum atomic E-state index is 14.3. The fraction of sp³-hybridized carbons (Fsp3) is 0.200. The number of halogens is 4. The maximum Gasteiger partial charge on any atom is 0.191 e. The van der Waals surface area contributed by atoms with E-state index in [1.807, 2.05) is 6.92 Å². The molecule has 5 nitrogen and oxygen atoms in total. The van der Waals surface area contributed by atoms with E-state index >= 15 is 0 Å². The fourth-order valence-corrected chi connectivity index (χ4v) is 2.63. The van der Waals surface area contributed by atoms with Crippen LogP contribution in [0.5, 0.6) is 0 Å². The second kappa shape index (κ2) is 10.8. The molecule has 0 aliphatic heterocycles. The van der Waals surface area contributed by atoms with Crippen LogP contribution in [-0.4, -0.2) is 22.1 Å². The first-order chi connectivity index (χ1) is 13.6. The fourth-order valence-electron chi connectivity index (χ4n) is 2.63. The minimum atomic E-state index is -0.506. The van der Waals surface area contributed by atoms with Gasteiger partial charge in [0.25, 0.3) is 0 Å². The highest BCUT2D eigenvalue weighted by atomic mass is 127. The second-order valence-electron chi connectivity index (χ2n) is 6.04. The van der Waals surface area contributed by atoms with Gasteiger partial charge in [0.1, 0.15) is 17.5 Å². The second-order valence-corrected chi connectivity index (χ2v) is 6.04. The summed E-state index contributed by atoms with van der Waals surface area (Å²) >= 11 is 0. The van der Waals surface area contributed by atoms with E-state index in [1.54, 1.807) is 29.1 Å².